The molecule has 2 amide bonds. The van der Waals surface area contributed by atoms with Crippen molar-refractivity contribution in [2.45, 2.75) is 58.0 Å². The number of carbonyl (C=O) groups is 2. The molecule has 1 N–H and O–H groups in total. The van der Waals surface area contributed by atoms with E-state index in [2.05, 4.69) is 31.3 Å². The van der Waals surface area contributed by atoms with Crippen molar-refractivity contribution in [3.63, 3.8) is 0 Å². The summed E-state index contributed by atoms with van der Waals surface area (Å²) in [4.78, 5) is 26.8. The third-order valence-electron chi connectivity index (χ3n) is 5.73. The number of hydrogen-bond donors (Lipinski definition) is 1. The fraction of sp³-hybridized carbons (Fsp3) is 0.440. The number of benzene rings is 2. The van der Waals surface area contributed by atoms with E-state index < -0.39 is 0 Å². The molecule has 2 aromatic rings. The minimum atomic E-state index is -0.0957. The number of carbonyl (C=O) groups excluding carboxylic acids is 2. The third kappa shape index (κ3) is 6.09. The van der Waals surface area contributed by atoms with Crippen molar-refractivity contribution in [1.82, 2.24) is 10.2 Å². The Balaban J connectivity index is 1.41. The predicted octanol–water partition coefficient (Wildman–Crippen LogP) is 4.22. The normalized spacial score (nSPS) is 18.7. The van der Waals surface area contributed by atoms with Crippen LogP contribution >= 0.6 is 0 Å². The van der Waals surface area contributed by atoms with Crippen LogP contribution in [0.4, 0.5) is 0 Å². The first-order valence-corrected chi connectivity index (χ1v) is 10.9. The second kappa shape index (κ2) is 10.8. The van der Waals surface area contributed by atoms with Crippen LogP contribution in [0.25, 0.3) is 0 Å². The molecule has 1 aliphatic heterocycles. The molecule has 0 aromatic heterocycles. The SMILES string of the molecule is CC1CCCC(C)N1C(=O)COc1ccc(C(=O)NCCCc2ccccc2)cc1. The van der Waals surface area contributed by atoms with Gasteiger partial charge in [0.25, 0.3) is 11.8 Å². The van der Waals surface area contributed by atoms with Crippen LogP contribution < -0.4 is 10.1 Å². The van der Waals surface area contributed by atoms with Gasteiger partial charge in [-0.05, 0) is 75.8 Å². The van der Waals surface area contributed by atoms with E-state index in [4.69, 9.17) is 4.74 Å². The summed E-state index contributed by atoms with van der Waals surface area (Å²) >= 11 is 0. The van der Waals surface area contributed by atoms with E-state index in [0.717, 1.165) is 25.7 Å². The van der Waals surface area contributed by atoms with E-state index in [1.54, 1.807) is 24.3 Å². The number of nitrogens with zero attached hydrogens (tertiary/aromatic N) is 1. The Bertz CT molecular complexity index is 810. The van der Waals surface area contributed by atoms with Gasteiger partial charge in [-0.3, -0.25) is 9.59 Å². The van der Waals surface area contributed by atoms with Crippen molar-refractivity contribution in [3.05, 3.63) is 65.7 Å². The number of likely N-dealkylation sites (tertiary alicyclic amines) is 1. The van der Waals surface area contributed by atoms with Crippen LogP contribution in [0.15, 0.2) is 54.6 Å². The summed E-state index contributed by atoms with van der Waals surface area (Å²) in [6.07, 6.45) is 5.10. The van der Waals surface area contributed by atoms with Crippen LogP contribution in [0.3, 0.4) is 0 Å². The van der Waals surface area contributed by atoms with Gasteiger partial charge in [0.05, 0.1) is 0 Å². The first kappa shape index (κ1) is 21.9. The Morgan fingerprint density at radius 1 is 1.00 bits per heavy atom. The molecule has 0 aliphatic carbocycles. The highest BCUT2D eigenvalue weighted by atomic mass is 16.5. The predicted molar refractivity (Wildman–Crippen MR) is 119 cm³/mol. The second-order valence-electron chi connectivity index (χ2n) is 8.09. The minimum Gasteiger partial charge on any atom is -0.484 e. The maximum absolute atomic E-state index is 12.6. The molecule has 30 heavy (non-hydrogen) atoms. The number of amides is 2. The van der Waals surface area contributed by atoms with Crippen LogP contribution in [-0.4, -0.2) is 41.9 Å². The summed E-state index contributed by atoms with van der Waals surface area (Å²) in [6, 6.07) is 17.7. The fourth-order valence-electron chi connectivity index (χ4n) is 4.08. The van der Waals surface area contributed by atoms with Gasteiger partial charge in [-0.25, -0.2) is 0 Å². The molecule has 1 saturated heterocycles. The molecule has 0 saturated carbocycles. The van der Waals surface area contributed by atoms with Crippen molar-refractivity contribution in [2.75, 3.05) is 13.2 Å². The van der Waals surface area contributed by atoms with Crippen LogP contribution in [0.2, 0.25) is 0 Å². The Hall–Kier alpha value is -2.82. The van der Waals surface area contributed by atoms with E-state index in [1.165, 1.54) is 12.0 Å². The lowest BCUT2D eigenvalue weighted by atomic mass is 9.97. The third-order valence-corrected chi connectivity index (χ3v) is 5.73. The molecule has 2 aromatic carbocycles. The molecule has 160 valence electrons. The quantitative estimate of drug-likeness (QED) is 0.666. The molecule has 0 bridgehead atoms. The standard InChI is InChI=1S/C25H32N2O3/c1-19-8-6-9-20(2)27(19)24(28)18-30-23-15-13-22(14-16-23)25(29)26-17-7-12-21-10-4-3-5-11-21/h3-5,10-11,13-16,19-20H,6-9,12,17-18H2,1-2H3,(H,26,29). The molecule has 1 fully saturated rings. The van der Waals surface area contributed by atoms with Crippen molar-refractivity contribution in [1.29, 1.82) is 0 Å². The van der Waals surface area contributed by atoms with Crippen LogP contribution in [0.1, 0.15) is 55.5 Å². The van der Waals surface area contributed by atoms with E-state index in [0.29, 0.717) is 17.9 Å². The number of hydrogen-bond acceptors (Lipinski definition) is 3. The molecule has 2 unspecified atom stereocenters. The fourth-order valence-corrected chi connectivity index (χ4v) is 4.08. The zero-order valence-corrected chi connectivity index (χ0v) is 18.0. The largest absolute Gasteiger partial charge is 0.484 e. The molecule has 5 heteroatoms. The number of rotatable bonds is 8. The Labute approximate surface area is 179 Å². The summed E-state index contributed by atoms with van der Waals surface area (Å²) in [5.74, 6) is 0.526. The van der Waals surface area contributed by atoms with Crippen molar-refractivity contribution in [3.8, 4) is 5.75 Å². The number of aryl methyl sites for hydroxylation is 1. The number of piperidine rings is 1. The zero-order chi connectivity index (χ0) is 21.3. The first-order chi connectivity index (χ1) is 14.5. The highest BCUT2D eigenvalue weighted by Gasteiger charge is 2.28. The molecular weight excluding hydrogens is 376 g/mol. The molecule has 3 rings (SSSR count). The van der Waals surface area contributed by atoms with Crippen LogP contribution in [0.5, 0.6) is 5.75 Å². The molecule has 1 heterocycles. The Kier molecular flexibility index (Phi) is 7.89. The Morgan fingerprint density at radius 2 is 1.67 bits per heavy atom. The van der Waals surface area contributed by atoms with Gasteiger partial charge in [-0.2, -0.15) is 0 Å². The Morgan fingerprint density at radius 3 is 2.33 bits per heavy atom. The number of nitrogens with one attached hydrogen (secondary N) is 1. The maximum atomic E-state index is 12.6. The van der Waals surface area contributed by atoms with E-state index >= 15 is 0 Å². The molecule has 5 nitrogen and oxygen atoms in total. The second-order valence-corrected chi connectivity index (χ2v) is 8.09. The van der Waals surface area contributed by atoms with Gasteiger partial charge >= 0.3 is 0 Å². The molecule has 1 aliphatic rings. The number of ether oxygens (including phenoxy) is 1. The maximum Gasteiger partial charge on any atom is 0.260 e. The first-order valence-electron chi connectivity index (χ1n) is 10.9. The summed E-state index contributed by atoms with van der Waals surface area (Å²) < 4.78 is 5.68. The average molecular weight is 409 g/mol. The summed E-state index contributed by atoms with van der Waals surface area (Å²) in [7, 11) is 0. The van der Waals surface area contributed by atoms with Gasteiger partial charge in [-0.1, -0.05) is 30.3 Å². The van der Waals surface area contributed by atoms with E-state index in [9.17, 15) is 9.59 Å². The smallest absolute Gasteiger partial charge is 0.260 e. The van der Waals surface area contributed by atoms with E-state index in [1.807, 2.05) is 23.1 Å². The highest BCUT2D eigenvalue weighted by molar-refractivity contribution is 5.94. The summed E-state index contributed by atoms with van der Waals surface area (Å²) in [5.41, 5.74) is 1.86. The summed E-state index contributed by atoms with van der Waals surface area (Å²) in [5, 5.41) is 2.95. The van der Waals surface area contributed by atoms with Crippen LogP contribution in [0, 0.1) is 0 Å². The average Bonchev–Trinajstić information content (AvgIpc) is 2.76. The minimum absolute atomic E-state index is 0.0231. The lowest BCUT2D eigenvalue weighted by molar-refractivity contribution is -0.139. The van der Waals surface area contributed by atoms with Gasteiger partial charge in [0, 0.05) is 24.2 Å². The van der Waals surface area contributed by atoms with Crippen molar-refractivity contribution >= 4 is 11.8 Å². The van der Waals surface area contributed by atoms with Gasteiger partial charge in [0.15, 0.2) is 6.61 Å². The lowest BCUT2D eigenvalue weighted by Gasteiger charge is -2.38. The van der Waals surface area contributed by atoms with Crippen molar-refractivity contribution < 1.29 is 14.3 Å². The lowest BCUT2D eigenvalue weighted by Crippen LogP contribution is -2.49. The molecular formula is C25H32N2O3. The topological polar surface area (TPSA) is 58.6 Å². The monoisotopic (exact) mass is 408 g/mol. The van der Waals surface area contributed by atoms with Crippen LogP contribution in [-0.2, 0) is 11.2 Å². The van der Waals surface area contributed by atoms with Gasteiger partial charge < -0.3 is 15.0 Å². The highest BCUT2D eigenvalue weighted by Crippen LogP contribution is 2.23. The van der Waals surface area contributed by atoms with Gasteiger partial charge in [0.2, 0.25) is 0 Å². The zero-order valence-electron chi connectivity index (χ0n) is 18.0. The molecule has 0 radical (unpaired) electrons. The van der Waals surface area contributed by atoms with Crippen molar-refractivity contribution in [2.24, 2.45) is 0 Å². The van der Waals surface area contributed by atoms with Gasteiger partial charge in [-0.15, -0.1) is 0 Å². The van der Waals surface area contributed by atoms with E-state index in [-0.39, 0.29) is 30.5 Å². The summed E-state index contributed by atoms with van der Waals surface area (Å²) in [6.45, 7) is 4.86. The molecule has 0 spiro atoms. The van der Waals surface area contributed by atoms with Gasteiger partial charge in [0.1, 0.15) is 5.75 Å². The molecule has 2 atom stereocenters.